The quantitative estimate of drug-likeness (QED) is 0.799. The number of nitrogens with zero attached hydrogens (tertiary/aromatic N) is 3. The number of aliphatic imine (C=N–C) groups is 1. The molecule has 112 valence electrons. The Morgan fingerprint density at radius 3 is 3.00 bits per heavy atom. The van der Waals surface area contributed by atoms with Crippen LogP contribution in [0.3, 0.4) is 0 Å². The first kappa shape index (κ1) is 14.8. The molecule has 1 aromatic rings. The lowest BCUT2D eigenvalue weighted by Crippen LogP contribution is -2.46. The smallest absolute Gasteiger partial charge is 0.111 e. The molecule has 1 fully saturated rings. The van der Waals surface area contributed by atoms with Crippen molar-refractivity contribution in [3.63, 3.8) is 0 Å². The van der Waals surface area contributed by atoms with E-state index >= 15 is 0 Å². The third-order valence-corrected chi connectivity index (χ3v) is 5.06. The van der Waals surface area contributed by atoms with E-state index in [1.165, 1.54) is 21.4 Å². The summed E-state index contributed by atoms with van der Waals surface area (Å²) < 4.78 is 1.30. The molecule has 0 radical (unpaired) electrons. The summed E-state index contributed by atoms with van der Waals surface area (Å²) in [5, 5.41) is 0. The van der Waals surface area contributed by atoms with Gasteiger partial charge in [-0.1, -0.05) is 18.2 Å². The SMILES string of the molecule is NC1CCCN(C2=CC=NCN2Cc2ccccc2I)C1. The molecule has 1 atom stereocenters. The van der Waals surface area contributed by atoms with Crippen LogP contribution in [0.25, 0.3) is 0 Å². The van der Waals surface area contributed by atoms with Crippen molar-refractivity contribution in [2.45, 2.75) is 25.4 Å². The monoisotopic (exact) mass is 396 g/mol. The summed E-state index contributed by atoms with van der Waals surface area (Å²) in [4.78, 5) is 9.17. The van der Waals surface area contributed by atoms with Crippen LogP contribution < -0.4 is 5.73 Å². The Bertz CT molecular complexity index is 555. The van der Waals surface area contributed by atoms with Crippen molar-refractivity contribution >= 4 is 28.8 Å². The minimum Gasteiger partial charge on any atom is -0.357 e. The van der Waals surface area contributed by atoms with Crippen LogP contribution in [0, 0.1) is 3.57 Å². The van der Waals surface area contributed by atoms with Gasteiger partial charge in [0.25, 0.3) is 0 Å². The van der Waals surface area contributed by atoms with Crippen molar-refractivity contribution in [2.24, 2.45) is 10.7 Å². The summed E-state index contributed by atoms with van der Waals surface area (Å²) in [5.41, 5.74) is 7.48. The van der Waals surface area contributed by atoms with Crippen LogP contribution >= 0.6 is 22.6 Å². The number of likely N-dealkylation sites (tertiary alicyclic amines) is 1. The second-order valence-electron chi connectivity index (χ2n) is 5.64. The maximum absolute atomic E-state index is 6.13. The van der Waals surface area contributed by atoms with Gasteiger partial charge in [0, 0.05) is 35.5 Å². The zero-order valence-electron chi connectivity index (χ0n) is 12.1. The number of benzene rings is 1. The van der Waals surface area contributed by atoms with Crippen molar-refractivity contribution in [2.75, 3.05) is 19.8 Å². The molecular weight excluding hydrogens is 375 g/mol. The highest BCUT2D eigenvalue weighted by atomic mass is 127. The van der Waals surface area contributed by atoms with Crippen molar-refractivity contribution in [3.8, 4) is 0 Å². The van der Waals surface area contributed by atoms with E-state index in [1.54, 1.807) is 0 Å². The second-order valence-corrected chi connectivity index (χ2v) is 6.80. The van der Waals surface area contributed by atoms with Crippen LogP contribution in [-0.2, 0) is 6.54 Å². The number of rotatable bonds is 3. The van der Waals surface area contributed by atoms with Crippen LogP contribution in [-0.4, -0.2) is 41.8 Å². The first-order valence-electron chi connectivity index (χ1n) is 7.43. The predicted molar refractivity (Wildman–Crippen MR) is 94.9 cm³/mol. The number of allylic oxidation sites excluding steroid dienone is 1. The molecule has 0 spiro atoms. The van der Waals surface area contributed by atoms with Gasteiger partial charge in [-0.2, -0.15) is 0 Å². The number of nitrogens with two attached hydrogens (primary N) is 1. The lowest BCUT2D eigenvalue weighted by atomic mass is 10.1. The lowest BCUT2D eigenvalue weighted by molar-refractivity contribution is 0.170. The largest absolute Gasteiger partial charge is 0.357 e. The average molecular weight is 396 g/mol. The summed E-state index contributed by atoms with van der Waals surface area (Å²) in [7, 11) is 0. The van der Waals surface area contributed by atoms with E-state index in [4.69, 9.17) is 5.73 Å². The van der Waals surface area contributed by atoms with Gasteiger partial charge in [0.05, 0.1) is 0 Å². The molecule has 0 aliphatic carbocycles. The molecule has 2 aliphatic rings. The van der Waals surface area contributed by atoms with Crippen molar-refractivity contribution < 1.29 is 0 Å². The Kier molecular flexibility index (Phi) is 4.80. The maximum atomic E-state index is 6.13. The van der Waals surface area contributed by atoms with Gasteiger partial charge in [0.15, 0.2) is 0 Å². The Morgan fingerprint density at radius 2 is 2.19 bits per heavy atom. The van der Waals surface area contributed by atoms with E-state index in [-0.39, 0.29) is 6.04 Å². The molecule has 1 unspecified atom stereocenters. The Balaban J connectivity index is 1.76. The van der Waals surface area contributed by atoms with Gasteiger partial charge in [-0.05, 0) is 53.1 Å². The Labute approximate surface area is 139 Å². The normalized spacial score (nSPS) is 22.4. The molecule has 5 heteroatoms. The minimum absolute atomic E-state index is 0.289. The molecule has 4 nitrogen and oxygen atoms in total. The van der Waals surface area contributed by atoms with Crippen LogP contribution in [0.1, 0.15) is 18.4 Å². The highest BCUT2D eigenvalue weighted by Crippen LogP contribution is 2.22. The van der Waals surface area contributed by atoms with Crippen molar-refractivity contribution in [1.82, 2.24) is 9.80 Å². The van der Waals surface area contributed by atoms with E-state index in [1.807, 2.05) is 6.21 Å². The van der Waals surface area contributed by atoms with Crippen LogP contribution in [0.4, 0.5) is 0 Å². The van der Waals surface area contributed by atoms with E-state index in [2.05, 4.69) is 67.7 Å². The number of piperidine rings is 1. The zero-order valence-corrected chi connectivity index (χ0v) is 14.2. The van der Waals surface area contributed by atoms with Crippen LogP contribution in [0.15, 0.2) is 41.2 Å². The van der Waals surface area contributed by atoms with E-state index in [9.17, 15) is 0 Å². The summed E-state index contributed by atoms with van der Waals surface area (Å²) in [6.07, 6.45) is 6.35. The molecule has 2 N–H and O–H groups in total. The van der Waals surface area contributed by atoms with Gasteiger partial charge in [0.2, 0.25) is 0 Å². The van der Waals surface area contributed by atoms with Gasteiger partial charge in [-0.15, -0.1) is 0 Å². The molecule has 2 heterocycles. The van der Waals surface area contributed by atoms with Crippen LogP contribution in [0.2, 0.25) is 0 Å². The Hall–Kier alpha value is -1.08. The fourth-order valence-electron chi connectivity index (χ4n) is 2.93. The Morgan fingerprint density at radius 1 is 1.33 bits per heavy atom. The fourth-order valence-corrected chi connectivity index (χ4v) is 3.49. The summed E-state index contributed by atoms with van der Waals surface area (Å²) in [5.74, 6) is 1.26. The van der Waals surface area contributed by atoms with Crippen molar-refractivity contribution in [3.05, 3.63) is 45.3 Å². The molecule has 0 bridgehead atoms. The third-order valence-electron chi connectivity index (χ3n) is 4.01. The first-order valence-corrected chi connectivity index (χ1v) is 8.51. The average Bonchev–Trinajstić information content (AvgIpc) is 2.50. The van der Waals surface area contributed by atoms with E-state index < -0.39 is 0 Å². The summed E-state index contributed by atoms with van der Waals surface area (Å²) in [6, 6.07) is 8.82. The molecule has 1 aromatic carbocycles. The zero-order chi connectivity index (χ0) is 14.7. The molecule has 21 heavy (non-hydrogen) atoms. The topological polar surface area (TPSA) is 44.9 Å². The second kappa shape index (κ2) is 6.79. The van der Waals surface area contributed by atoms with Gasteiger partial charge in [0.1, 0.15) is 12.5 Å². The molecule has 0 amide bonds. The van der Waals surface area contributed by atoms with E-state index in [0.717, 1.165) is 32.7 Å². The number of hydrogen-bond donors (Lipinski definition) is 1. The number of halogens is 1. The van der Waals surface area contributed by atoms with Crippen molar-refractivity contribution in [1.29, 1.82) is 0 Å². The fraction of sp³-hybridized carbons (Fsp3) is 0.438. The standard InChI is InChI=1S/C16H21IN4/c17-15-6-2-1-4-13(15)10-21-12-19-8-7-16(21)20-9-3-5-14(18)11-20/h1-2,4,6-8,14H,3,5,9-12,18H2. The molecule has 0 aromatic heterocycles. The molecule has 2 aliphatic heterocycles. The molecular formula is C16H21IN4. The summed E-state index contributed by atoms with van der Waals surface area (Å²) >= 11 is 2.40. The molecule has 0 saturated carbocycles. The molecule has 1 saturated heterocycles. The van der Waals surface area contributed by atoms with Gasteiger partial charge >= 0.3 is 0 Å². The summed E-state index contributed by atoms with van der Waals surface area (Å²) in [6.45, 7) is 3.66. The first-order chi connectivity index (χ1) is 10.2. The highest BCUT2D eigenvalue weighted by molar-refractivity contribution is 14.1. The van der Waals surface area contributed by atoms with Gasteiger partial charge in [-0.25, -0.2) is 0 Å². The van der Waals surface area contributed by atoms with E-state index in [0.29, 0.717) is 0 Å². The lowest BCUT2D eigenvalue weighted by Gasteiger charge is -2.40. The predicted octanol–water partition coefficient (Wildman–Crippen LogP) is 2.40. The third kappa shape index (κ3) is 3.58. The van der Waals surface area contributed by atoms with Gasteiger partial charge < -0.3 is 15.5 Å². The maximum Gasteiger partial charge on any atom is 0.111 e. The molecule has 3 rings (SSSR count). The number of hydrogen-bond acceptors (Lipinski definition) is 4. The van der Waals surface area contributed by atoms with Crippen LogP contribution in [0.5, 0.6) is 0 Å². The van der Waals surface area contributed by atoms with Gasteiger partial charge in [-0.3, -0.25) is 4.99 Å². The highest BCUT2D eigenvalue weighted by Gasteiger charge is 2.23. The minimum atomic E-state index is 0.289.